The molecule has 2 aliphatic heterocycles. The first kappa shape index (κ1) is 21.7. The molecule has 0 amide bonds. The Morgan fingerprint density at radius 3 is 2.58 bits per heavy atom. The molecule has 0 saturated heterocycles. The zero-order valence-electron chi connectivity index (χ0n) is 18.8. The fourth-order valence-electron chi connectivity index (χ4n) is 4.73. The summed E-state index contributed by atoms with van der Waals surface area (Å²) >= 11 is -1.62. The molecule has 170 valence electrons. The minimum Gasteiger partial charge on any atom is -0.497 e. The molecule has 2 heterocycles. The van der Waals surface area contributed by atoms with Crippen LogP contribution in [0.5, 0.6) is 17.2 Å². The van der Waals surface area contributed by atoms with E-state index in [2.05, 4.69) is 17.0 Å². The molecule has 3 aromatic carbocycles. The van der Waals surface area contributed by atoms with Gasteiger partial charge in [-0.05, 0) is 71.0 Å². The summed E-state index contributed by atoms with van der Waals surface area (Å²) in [5.41, 5.74) is 6.13. The average Bonchev–Trinajstić information content (AvgIpc) is 2.86. The Balaban J connectivity index is 1.41. The van der Waals surface area contributed by atoms with Crippen molar-refractivity contribution in [1.82, 2.24) is 4.90 Å². The van der Waals surface area contributed by atoms with Crippen LogP contribution in [0.1, 0.15) is 33.9 Å². The molecule has 2 atom stereocenters. The van der Waals surface area contributed by atoms with Crippen molar-refractivity contribution >= 4 is 17.2 Å². The zero-order valence-corrected chi connectivity index (χ0v) is 19.6. The third kappa shape index (κ3) is 4.54. The van der Waals surface area contributed by atoms with Crippen LogP contribution in [-0.4, -0.2) is 29.9 Å². The summed E-state index contributed by atoms with van der Waals surface area (Å²) in [6.07, 6.45) is 3.67. The fourth-order valence-corrected chi connectivity index (χ4v) is 5.36. The Kier molecular flexibility index (Phi) is 6.20. The molecule has 5 rings (SSSR count). The lowest BCUT2D eigenvalue weighted by molar-refractivity contribution is 0.160. The average molecular weight is 462 g/mol. The van der Waals surface area contributed by atoms with Gasteiger partial charge in [0.1, 0.15) is 5.75 Å². The standard InChI is InChI=1S/C27H27NO4S/c1-30-23-9-8-20-15-25-24-17-27(32-33(29)13-11-19-6-4-3-5-7-19)26(31-2)16-21(24)10-12-28(25)18-22(20)14-23/h3-9,11,13-14,16-17,25H,10,12,15,18H2,1-2H3/b13-11+. The Labute approximate surface area is 197 Å². The van der Waals surface area contributed by atoms with Crippen LogP contribution in [0.2, 0.25) is 0 Å². The molecule has 0 aliphatic carbocycles. The van der Waals surface area contributed by atoms with Crippen LogP contribution in [-0.2, 0) is 30.5 Å². The van der Waals surface area contributed by atoms with E-state index in [1.165, 1.54) is 22.3 Å². The van der Waals surface area contributed by atoms with E-state index < -0.39 is 11.1 Å². The third-order valence-corrected chi connectivity index (χ3v) is 7.14. The number of hydrogen-bond donors (Lipinski definition) is 0. The predicted molar refractivity (Wildman–Crippen MR) is 131 cm³/mol. The number of ether oxygens (including phenoxy) is 2. The van der Waals surface area contributed by atoms with Crippen LogP contribution in [0.25, 0.3) is 6.08 Å². The predicted octanol–water partition coefficient (Wildman–Crippen LogP) is 5.07. The van der Waals surface area contributed by atoms with Crippen molar-refractivity contribution in [3.05, 3.63) is 93.9 Å². The van der Waals surface area contributed by atoms with Gasteiger partial charge in [0, 0.05) is 24.5 Å². The lowest BCUT2D eigenvalue weighted by Gasteiger charge is -2.41. The van der Waals surface area contributed by atoms with E-state index in [0.29, 0.717) is 11.5 Å². The highest BCUT2D eigenvalue weighted by molar-refractivity contribution is 7.83. The van der Waals surface area contributed by atoms with E-state index in [4.69, 9.17) is 13.7 Å². The summed E-state index contributed by atoms with van der Waals surface area (Å²) in [6.45, 7) is 1.88. The van der Waals surface area contributed by atoms with Gasteiger partial charge in [-0.2, -0.15) is 0 Å². The van der Waals surface area contributed by atoms with Crippen molar-refractivity contribution in [2.24, 2.45) is 0 Å². The Morgan fingerprint density at radius 1 is 0.939 bits per heavy atom. The lowest BCUT2D eigenvalue weighted by atomic mass is 9.84. The van der Waals surface area contributed by atoms with E-state index in [1.54, 1.807) is 25.7 Å². The maximum absolute atomic E-state index is 12.7. The second-order valence-corrected chi connectivity index (χ2v) is 9.29. The van der Waals surface area contributed by atoms with Gasteiger partial charge < -0.3 is 13.7 Å². The SMILES string of the molecule is COc1ccc2c(c1)CN1CCc3cc(OC)c(OS(=O)/C=C/c4ccccc4)cc3C1C2. The minimum absolute atomic E-state index is 0.260. The summed E-state index contributed by atoms with van der Waals surface area (Å²) in [7, 11) is 3.33. The molecule has 0 fully saturated rings. The molecular weight excluding hydrogens is 434 g/mol. The summed E-state index contributed by atoms with van der Waals surface area (Å²) in [5, 5.41) is 1.56. The van der Waals surface area contributed by atoms with Gasteiger partial charge in [-0.1, -0.05) is 36.4 Å². The van der Waals surface area contributed by atoms with Crippen LogP contribution in [0.4, 0.5) is 0 Å². The van der Waals surface area contributed by atoms with Gasteiger partial charge in [-0.25, -0.2) is 4.21 Å². The van der Waals surface area contributed by atoms with Gasteiger partial charge in [-0.15, -0.1) is 0 Å². The summed E-state index contributed by atoms with van der Waals surface area (Å²) in [5.74, 6) is 2.02. The maximum atomic E-state index is 12.7. The molecule has 0 spiro atoms. The maximum Gasteiger partial charge on any atom is 0.233 e. The topological polar surface area (TPSA) is 48.0 Å². The van der Waals surface area contributed by atoms with Crippen LogP contribution in [0, 0.1) is 0 Å². The number of rotatable bonds is 6. The minimum atomic E-state index is -1.62. The zero-order chi connectivity index (χ0) is 22.8. The molecule has 0 saturated carbocycles. The van der Waals surface area contributed by atoms with E-state index in [-0.39, 0.29) is 6.04 Å². The highest BCUT2D eigenvalue weighted by Gasteiger charge is 2.33. The molecule has 3 aromatic rings. The monoisotopic (exact) mass is 461 g/mol. The molecule has 0 N–H and O–H groups in total. The molecule has 5 nitrogen and oxygen atoms in total. The van der Waals surface area contributed by atoms with Crippen molar-refractivity contribution in [3.8, 4) is 17.2 Å². The number of nitrogens with zero attached hydrogens (tertiary/aromatic N) is 1. The molecule has 0 bridgehead atoms. The number of hydrogen-bond acceptors (Lipinski definition) is 5. The summed E-state index contributed by atoms with van der Waals surface area (Å²) < 4.78 is 29.5. The number of fused-ring (bicyclic) bond motifs is 4. The first-order valence-electron chi connectivity index (χ1n) is 11.1. The first-order chi connectivity index (χ1) is 16.1. The normalized spacial score (nSPS) is 18.2. The van der Waals surface area contributed by atoms with Crippen LogP contribution in [0.3, 0.4) is 0 Å². The molecule has 6 heteroatoms. The molecule has 33 heavy (non-hydrogen) atoms. The highest BCUT2D eigenvalue weighted by Crippen LogP contribution is 2.43. The highest BCUT2D eigenvalue weighted by atomic mass is 32.2. The van der Waals surface area contributed by atoms with Crippen molar-refractivity contribution in [2.75, 3.05) is 20.8 Å². The quantitative estimate of drug-likeness (QED) is 0.513. The fraction of sp³-hybridized carbons (Fsp3) is 0.259. The van der Waals surface area contributed by atoms with Crippen molar-refractivity contribution in [1.29, 1.82) is 0 Å². The largest absolute Gasteiger partial charge is 0.497 e. The summed E-state index contributed by atoms with van der Waals surface area (Å²) in [4.78, 5) is 2.51. The van der Waals surface area contributed by atoms with Crippen LogP contribution >= 0.6 is 0 Å². The van der Waals surface area contributed by atoms with E-state index >= 15 is 0 Å². The Hall–Kier alpha value is -3.09. The Bertz CT molecular complexity index is 1210. The van der Waals surface area contributed by atoms with E-state index in [0.717, 1.165) is 37.2 Å². The second-order valence-electron chi connectivity index (χ2n) is 8.33. The van der Waals surface area contributed by atoms with Gasteiger partial charge in [0.2, 0.25) is 11.1 Å². The molecule has 0 radical (unpaired) electrons. The van der Waals surface area contributed by atoms with Gasteiger partial charge in [0.15, 0.2) is 11.5 Å². The Morgan fingerprint density at radius 2 is 1.79 bits per heavy atom. The second kappa shape index (κ2) is 9.41. The van der Waals surface area contributed by atoms with Gasteiger partial charge >= 0.3 is 0 Å². The molecule has 2 aliphatic rings. The van der Waals surface area contributed by atoms with E-state index in [1.807, 2.05) is 48.5 Å². The molecule has 2 unspecified atom stereocenters. The third-order valence-electron chi connectivity index (χ3n) is 6.44. The molecule has 0 aromatic heterocycles. The van der Waals surface area contributed by atoms with Gasteiger partial charge in [0.05, 0.1) is 14.2 Å². The van der Waals surface area contributed by atoms with Crippen molar-refractivity contribution in [2.45, 2.75) is 25.4 Å². The van der Waals surface area contributed by atoms with Gasteiger partial charge in [0.25, 0.3) is 0 Å². The lowest BCUT2D eigenvalue weighted by Crippen LogP contribution is -2.39. The van der Waals surface area contributed by atoms with Crippen molar-refractivity contribution < 1.29 is 17.9 Å². The smallest absolute Gasteiger partial charge is 0.233 e. The van der Waals surface area contributed by atoms with Gasteiger partial charge in [-0.3, -0.25) is 4.90 Å². The number of benzene rings is 3. The first-order valence-corrected chi connectivity index (χ1v) is 12.2. The molecular formula is C27H27NO4S. The van der Waals surface area contributed by atoms with E-state index in [9.17, 15) is 4.21 Å². The van der Waals surface area contributed by atoms with Crippen LogP contribution in [0.15, 0.2) is 66.1 Å². The van der Waals surface area contributed by atoms with Crippen molar-refractivity contribution in [3.63, 3.8) is 0 Å². The number of methoxy groups -OCH3 is 2. The van der Waals surface area contributed by atoms with Crippen LogP contribution < -0.4 is 13.7 Å². The summed E-state index contributed by atoms with van der Waals surface area (Å²) in [6, 6.07) is 20.4.